The van der Waals surface area contributed by atoms with E-state index in [0.29, 0.717) is 12.5 Å². The topological polar surface area (TPSA) is 47.5 Å². The van der Waals surface area contributed by atoms with E-state index in [2.05, 4.69) is 57.3 Å². The highest BCUT2D eigenvalue weighted by molar-refractivity contribution is 5.82. The number of hydrogen-bond donors (Lipinski definition) is 0. The highest BCUT2D eigenvalue weighted by atomic mass is 16.5. The van der Waals surface area contributed by atoms with Crippen molar-refractivity contribution in [3.8, 4) is 5.75 Å². The predicted molar refractivity (Wildman–Crippen MR) is 130 cm³/mol. The number of hydrogen-bond acceptors (Lipinski definition) is 5. The Labute approximate surface area is 195 Å². The molecule has 1 fully saturated rings. The molecule has 0 saturated carbocycles. The summed E-state index contributed by atoms with van der Waals surface area (Å²) in [6.07, 6.45) is 6.59. The van der Waals surface area contributed by atoms with Gasteiger partial charge in [0.2, 0.25) is 0 Å². The van der Waals surface area contributed by atoms with Crippen LogP contribution >= 0.6 is 0 Å². The molecule has 1 atom stereocenters. The zero-order valence-electron chi connectivity index (χ0n) is 18.8. The van der Waals surface area contributed by atoms with Crippen molar-refractivity contribution in [2.45, 2.75) is 19.6 Å². The normalized spacial score (nSPS) is 17.0. The van der Waals surface area contributed by atoms with Crippen LogP contribution in [-0.2, 0) is 24.3 Å². The van der Waals surface area contributed by atoms with Gasteiger partial charge in [-0.3, -0.25) is 14.9 Å². The van der Waals surface area contributed by atoms with Crippen LogP contribution in [0.1, 0.15) is 16.8 Å². The van der Waals surface area contributed by atoms with Gasteiger partial charge in [-0.25, -0.2) is 0 Å². The fourth-order valence-corrected chi connectivity index (χ4v) is 4.45. The van der Waals surface area contributed by atoms with E-state index in [4.69, 9.17) is 9.47 Å². The van der Waals surface area contributed by atoms with Gasteiger partial charge in [0.05, 0.1) is 18.9 Å². The van der Waals surface area contributed by atoms with Gasteiger partial charge in [-0.05, 0) is 65.3 Å². The van der Waals surface area contributed by atoms with E-state index in [1.165, 1.54) is 21.9 Å². The maximum atomic E-state index is 5.97. The van der Waals surface area contributed by atoms with Crippen molar-refractivity contribution in [1.29, 1.82) is 0 Å². The minimum absolute atomic E-state index is 0.463. The number of rotatable bonds is 7. The summed E-state index contributed by atoms with van der Waals surface area (Å²) in [4.78, 5) is 11.1. The van der Waals surface area contributed by atoms with Crippen LogP contribution in [0, 0.1) is 5.92 Å². The third-order valence-electron chi connectivity index (χ3n) is 6.07. The molecule has 33 heavy (non-hydrogen) atoms. The maximum absolute atomic E-state index is 5.97. The highest BCUT2D eigenvalue weighted by Gasteiger charge is 2.19. The van der Waals surface area contributed by atoms with Gasteiger partial charge in [-0.15, -0.1) is 0 Å². The molecule has 0 bridgehead atoms. The molecule has 5 rings (SSSR count). The molecular weight excluding hydrogens is 410 g/mol. The Bertz CT molecular complexity index is 1180. The molecule has 3 heterocycles. The van der Waals surface area contributed by atoms with Crippen molar-refractivity contribution < 1.29 is 9.47 Å². The molecule has 5 nitrogen and oxygen atoms in total. The molecule has 1 aliphatic heterocycles. The highest BCUT2D eigenvalue weighted by Crippen LogP contribution is 2.21. The number of fused-ring (bicyclic) bond motifs is 1. The van der Waals surface area contributed by atoms with Gasteiger partial charge in [0, 0.05) is 43.6 Å². The minimum atomic E-state index is 0.463. The van der Waals surface area contributed by atoms with Gasteiger partial charge in [0.15, 0.2) is 0 Å². The molecule has 0 aliphatic carbocycles. The Morgan fingerprint density at radius 1 is 0.939 bits per heavy atom. The summed E-state index contributed by atoms with van der Waals surface area (Å²) in [6.45, 7) is 4.90. The number of pyridine rings is 2. The second kappa shape index (κ2) is 10.6. The van der Waals surface area contributed by atoms with Crippen molar-refractivity contribution in [2.75, 3.05) is 26.3 Å². The van der Waals surface area contributed by atoms with Crippen LogP contribution in [0.3, 0.4) is 0 Å². The fourth-order valence-electron chi connectivity index (χ4n) is 4.45. The third-order valence-corrected chi connectivity index (χ3v) is 6.07. The fraction of sp³-hybridized carbons (Fsp3) is 0.286. The van der Waals surface area contributed by atoms with Crippen LogP contribution in [0.15, 0.2) is 85.3 Å². The zero-order valence-corrected chi connectivity index (χ0v) is 18.8. The molecule has 2 aromatic heterocycles. The van der Waals surface area contributed by atoms with E-state index in [9.17, 15) is 0 Å². The summed E-state index contributed by atoms with van der Waals surface area (Å²) < 4.78 is 11.9. The molecule has 4 aromatic rings. The van der Waals surface area contributed by atoms with Crippen LogP contribution in [0.2, 0.25) is 0 Å². The van der Waals surface area contributed by atoms with E-state index in [1.54, 1.807) is 6.20 Å². The summed E-state index contributed by atoms with van der Waals surface area (Å²) >= 11 is 0. The number of ether oxygens (including phenoxy) is 2. The van der Waals surface area contributed by atoms with Crippen molar-refractivity contribution in [1.82, 2.24) is 14.9 Å². The first-order valence-corrected chi connectivity index (χ1v) is 11.6. The van der Waals surface area contributed by atoms with Crippen molar-refractivity contribution in [3.05, 3.63) is 102 Å². The van der Waals surface area contributed by atoms with E-state index in [0.717, 1.165) is 50.7 Å². The molecule has 0 amide bonds. The van der Waals surface area contributed by atoms with Gasteiger partial charge < -0.3 is 9.47 Å². The summed E-state index contributed by atoms with van der Waals surface area (Å²) in [5.41, 5.74) is 3.53. The third kappa shape index (κ3) is 5.95. The predicted octanol–water partition coefficient (Wildman–Crippen LogP) is 4.90. The standard InChI is InChI=1S/C28H29N3O2/c1-2-10-30-27(5-1)21-33-28-6-3-4-23(16-28)18-31-12-13-32-20-24(19-31)14-22-7-8-25-9-11-29-17-26(25)15-22/h1-11,15-17,24H,12-14,18-21H2/t24-/m0/s1. The summed E-state index contributed by atoms with van der Waals surface area (Å²) in [7, 11) is 0. The lowest BCUT2D eigenvalue weighted by molar-refractivity contribution is 0.121. The lowest BCUT2D eigenvalue weighted by atomic mass is 9.97. The van der Waals surface area contributed by atoms with E-state index in [1.807, 2.05) is 36.7 Å². The smallest absolute Gasteiger partial charge is 0.130 e. The molecule has 0 unspecified atom stereocenters. The van der Waals surface area contributed by atoms with Gasteiger partial charge in [-0.1, -0.05) is 30.3 Å². The number of aromatic nitrogens is 2. The van der Waals surface area contributed by atoms with Crippen LogP contribution < -0.4 is 4.74 Å². The molecule has 1 saturated heterocycles. The first kappa shape index (κ1) is 21.6. The summed E-state index contributed by atoms with van der Waals surface area (Å²) in [5, 5.41) is 2.43. The van der Waals surface area contributed by atoms with Gasteiger partial charge >= 0.3 is 0 Å². The van der Waals surface area contributed by atoms with Gasteiger partial charge in [0.25, 0.3) is 0 Å². The van der Waals surface area contributed by atoms with Crippen molar-refractivity contribution in [2.24, 2.45) is 5.92 Å². The number of nitrogens with zero attached hydrogens (tertiary/aromatic N) is 3. The largest absolute Gasteiger partial charge is 0.487 e. The van der Waals surface area contributed by atoms with Crippen molar-refractivity contribution >= 4 is 10.8 Å². The molecule has 2 aromatic carbocycles. The monoisotopic (exact) mass is 439 g/mol. The first-order valence-electron chi connectivity index (χ1n) is 11.6. The zero-order chi connectivity index (χ0) is 22.3. The van der Waals surface area contributed by atoms with Crippen LogP contribution in [0.5, 0.6) is 5.75 Å². The van der Waals surface area contributed by atoms with E-state index in [-0.39, 0.29) is 0 Å². The van der Waals surface area contributed by atoms with Crippen molar-refractivity contribution in [3.63, 3.8) is 0 Å². The second-order valence-electron chi connectivity index (χ2n) is 8.69. The molecule has 0 radical (unpaired) electrons. The molecule has 5 heteroatoms. The molecular formula is C28H29N3O2. The summed E-state index contributed by atoms with van der Waals surface area (Å²) in [5.74, 6) is 1.34. The molecule has 1 aliphatic rings. The lowest BCUT2D eigenvalue weighted by Gasteiger charge is -2.24. The van der Waals surface area contributed by atoms with Gasteiger partial charge in [-0.2, -0.15) is 0 Å². The Balaban J connectivity index is 1.21. The van der Waals surface area contributed by atoms with E-state index >= 15 is 0 Å². The Morgan fingerprint density at radius 2 is 1.94 bits per heavy atom. The average molecular weight is 440 g/mol. The van der Waals surface area contributed by atoms with Crippen LogP contribution in [0.25, 0.3) is 10.8 Å². The molecule has 0 spiro atoms. The average Bonchev–Trinajstić information content (AvgIpc) is 3.08. The first-order chi connectivity index (χ1) is 16.3. The Kier molecular flexibility index (Phi) is 6.90. The van der Waals surface area contributed by atoms with Gasteiger partial charge in [0.1, 0.15) is 12.4 Å². The Hall–Kier alpha value is -3.28. The van der Waals surface area contributed by atoms with Crippen LogP contribution in [-0.4, -0.2) is 41.2 Å². The Morgan fingerprint density at radius 3 is 2.88 bits per heavy atom. The number of benzene rings is 2. The molecule has 168 valence electrons. The molecule has 0 N–H and O–H groups in total. The van der Waals surface area contributed by atoms with E-state index < -0.39 is 0 Å². The summed E-state index contributed by atoms with van der Waals surface area (Å²) in [6, 6.07) is 23.0. The maximum Gasteiger partial charge on any atom is 0.130 e. The SMILES string of the molecule is c1ccc(COc2cccc(CN3CCOC[C@@H](Cc4ccc5ccncc5c4)C3)c2)nc1. The van der Waals surface area contributed by atoms with Crippen LogP contribution in [0.4, 0.5) is 0 Å². The quantitative estimate of drug-likeness (QED) is 0.410. The second-order valence-corrected chi connectivity index (χ2v) is 8.69. The minimum Gasteiger partial charge on any atom is -0.487 e. The lowest BCUT2D eigenvalue weighted by Crippen LogP contribution is -2.30.